The van der Waals surface area contributed by atoms with E-state index in [1.807, 2.05) is 66.7 Å². The van der Waals surface area contributed by atoms with E-state index >= 15 is 0 Å². The first-order valence-electron chi connectivity index (χ1n) is 11.2. The standard InChI is InChI=1S/C28H19ClN6O/c29-20-13-15-22(16-14-20)35-27(19-11-9-18(10-12-19)24-7-4-8-25(30)31-24)32-26-23(28(35)36)17-34(33-26)21-5-2-1-3-6-21/h1-17H,(H2,30,31). The minimum Gasteiger partial charge on any atom is -0.384 e. The van der Waals surface area contributed by atoms with Crippen molar-refractivity contribution in [1.29, 1.82) is 0 Å². The van der Waals surface area contributed by atoms with Crippen LogP contribution in [0.15, 0.2) is 108 Å². The van der Waals surface area contributed by atoms with E-state index in [2.05, 4.69) is 10.1 Å². The molecule has 2 N–H and O–H groups in total. The van der Waals surface area contributed by atoms with Gasteiger partial charge in [-0.1, -0.05) is 60.1 Å². The molecule has 0 amide bonds. The van der Waals surface area contributed by atoms with Gasteiger partial charge in [0, 0.05) is 22.3 Å². The number of anilines is 1. The summed E-state index contributed by atoms with van der Waals surface area (Å²) in [6, 6.07) is 29.9. The fourth-order valence-electron chi connectivity index (χ4n) is 4.10. The summed E-state index contributed by atoms with van der Waals surface area (Å²) >= 11 is 6.12. The number of halogens is 1. The number of pyridine rings is 1. The molecular formula is C28H19ClN6O. The van der Waals surface area contributed by atoms with Crippen LogP contribution in [0, 0.1) is 0 Å². The third kappa shape index (κ3) is 3.91. The average molecular weight is 491 g/mol. The van der Waals surface area contributed by atoms with Gasteiger partial charge in [-0.05, 0) is 48.5 Å². The third-order valence-corrected chi connectivity index (χ3v) is 6.12. The molecule has 3 aromatic carbocycles. The van der Waals surface area contributed by atoms with Gasteiger partial charge in [-0.3, -0.25) is 9.36 Å². The molecule has 0 aliphatic heterocycles. The molecule has 6 rings (SSSR count). The van der Waals surface area contributed by atoms with E-state index in [9.17, 15) is 4.79 Å². The first-order chi connectivity index (χ1) is 17.6. The lowest BCUT2D eigenvalue weighted by molar-refractivity contribution is 0.888. The van der Waals surface area contributed by atoms with Crippen LogP contribution in [0.5, 0.6) is 0 Å². The zero-order valence-electron chi connectivity index (χ0n) is 18.9. The Bertz CT molecular complexity index is 1760. The number of nitrogens with zero attached hydrogens (tertiary/aromatic N) is 5. The minimum atomic E-state index is -0.221. The van der Waals surface area contributed by atoms with Crippen molar-refractivity contribution < 1.29 is 0 Å². The maximum Gasteiger partial charge on any atom is 0.269 e. The van der Waals surface area contributed by atoms with Crippen molar-refractivity contribution in [2.24, 2.45) is 0 Å². The topological polar surface area (TPSA) is 91.6 Å². The van der Waals surface area contributed by atoms with E-state index in [4.69, 9.17) is 22.3 Å². The number of benzene rings is 3. The quantitative estimate of drug-likeness (QED) is 0.350. The van der Waals surface area contributed by atoms with Crippen LogP contribution in [0.1, 0.15) is 0 Å². The van der Waals surface area contributed by atoms with Crippen LogP contribution in [0.3, 0.4) is 0 Å². The molecule has 0 spiro atoms. The number of fused-ring (bicyclic) bond motifs is 1. The van der Waals surface area contributed by atoms with Crippen LogP contribution >= 0.6 is 11.6 Å². The zero-order chi connectivity index (χ0) is 24.6. The average Bonchev–Trinajstić information content (AvgIpc) is 3.35. The fourth-order valence-corrected chi connectivity index (χ4v) is 4.23. The molecule has 8 heteroatoms. The van der Waals surface area contributed by atoms with Gasteiger partial charge in [0.1, 0.15) is 17.0 Å². The number of rotatable bonds is 4. The molecule has 0 aliphatic rings. The Morgan fingerprint density at radius 2 is 1.44 bits per heavy atom. The molecule has 0 unspecified atom stereocenters. The molecule has 0 saturated heterocycles. The van der Waals surface area contributed by atoms with Gasteiger partial charge < -0.3 is 5.73 Å². The Hall–Kier alpha value is -4.75. The second-order valence-electron chi connectivity index (χ2n) is 8.22. The summed E-state index contributed by atoms with van der Waals surface area (Å²) < 4.78 is 3.26. The lowest BCUT2D eigenvalue weighted by Crippen LogP contribution is -2.21. The predicted molar refractivity (Wildman–Crippen MR) is 143 cm³/mol. The molecule has 3 heterocycles. The summed E-state index contributed by atoms with van der Waals surface area (Å²) in [6.45, 7) is 0. The van der Waals surface area contributed by atoms with Crippen LogP contribution in [0.2, 0.25) is 5.02 Å². The van der Waals surface area contributed by atoms with E-state index < -0.39 is 0 Å². The molecule has 36 heavy (non-hydrogen) atoms. The summed E-state index contributed by atoms with van der Waals surface area (Å²) in [7, 11) is 0. The van der Waals surface area contributed by atoms with Crippen LogP contribution < -0.4 is 11.3 Å². The number of nitrogens with two attached hydrogens (primary N) is 1. The van der Waals surface area contributed by atoms with E-state index in [1.165, 1.54) is 0 Å². The first-order valence-corrected chi connectivity index (χ1v) is 11.6. The third-order valence-electron chi connectivity index (χ3n) is 5.87. The molecule has 0 fully saturated rings. The summed E-state index contributed by atoms with van der Waals surface area (Å²) in [5, 5.41) is 5.60. The number of para-hydroxylation sites is 1. The van der Waals surface area contributed by atoms with Gasteiger partial charge in [0.2, 0.25) is 0 Å². The highest BCUT2D eigenvalue weighted by atomic mass is 35.5. The van der Waals surface area contributed by atoms with E-state index in [0.717, 1.165) is 22.5 Å². The Morgan fingerprint density at radius 1 is 0.722 bits per heavy atom. The maximum atomic E-state index is 13.8. The summed E-state index contributed by atoms with van der Waals surface area (Å²) in [5.74, 6) is 0.925. The molecule has 3 aromatic heterocycles. The lowest BCUT2D eigenvalue weighted by Gasteiger charge is -2.13. The summed E-state index contributed by atoms with van der Waals surface area (Å²) in [5.41, 5.74) is 9.91. The Kier molecular flexibility index (Phi) is 5.32. The lowest BCUT2D eigenvalue weighted by atomic mass is 10.1. The minimum absolute atomic E-state index is 0.221. The zero-order valence-corrected chi connectivity index (χ0v) is 19.7. The number of hydrogen-bond acceptors (Lipinski definition) is 5. The maximum absolute atomic E-state index is 13.8. The van der Waals surface area contributed by atoms with Crippen molar-refractivity contribution in [2.75, 3.05) is 5.73 Å². The van der Waals surface area contributed by atoms with Crippen LogP contribution in [0.25, 0.3) is 45.1 Å². The largest absolute Gasteiger partial charge is 0.384 e. The Labute approximate surface area is 211 Å². The Morgan fingerprint density at radius 3 is 2.17 bits per heavy atom. The first kappa shape index (κ1) is 21.8. The van der Waals surface area contributed by atoms with Crippen LogP contribution in [0.4, 0.5) is 5.82 Å². The normalized spacial score (nSPS) is 11.1. The van der Waals surface area contributed by atoms with Crippen molar-refractivity contribution in [3.63, 3.8) is 0 Å². The molecule has 6 aromatic rings. The van der Waals surface area contributed by atoms with Gasteiger partial charge in [0.15, 0.2) is 5.65 Å². The second-order valence-corrected chi connectivity index (χ2v) is 8.66. The number of nitrogen functional groups attached to an aromatic ring is 1. The van der Waals surface area contributed by atoms with Crippen molar-refractivity contribution in [3.8, 4) is 34.0 Å². The monoisotopic (exact) mass is 490 g/mol. The molecule has 0 aliphatic carbocycles. The summed E-state index contributed by atoms with van der Waals surface area (Å²) in [4.78, 5) is 23.0. The highest BCUT2D eigenvalue weighted by Crippen LogP contribution is 2.26. The van der Waals surface area contributed by atoms with Gasteiger partial charge in [-0.2, -0.15) is 0 Å². The van der Waals surface area contributed by atoms with Gasteiger partial charge in [-0.25, -0.2) is 14.6 Å². The van der Waals surface area contributed by atoms with Crippen LogP contribution in [-0.4, -0.2) is 24.3 Å². The van der Waals surface area contributed by atoms with Gasteiger partial charge >= 0.3 is 0 Å². The highest BCUT2D eigenvalue weighted by Gasteiger charge is 2.18. The SMILES string of the molecule is Nc1cccc(-c2ccc(-c3nc4nn(-c5ccccc5)cc4c(=O)n3-c3ccc(Cl)cc3)cc2)n1. The van der Waals surface area contributed by atoms with Crippen molar-refractivity contribution in [1.82, 2.24) is 24.3 Å². The van der Waals surface area contributed by atoms with Gasteiger partial charge in [-0.15, -0.1) is 5.10 Å². The van der Waals surface area contributed by atoms with Crippen molar-refractivity contribution >= 4 is 28.5 Å². The second kappa shape index (κ2) is 8.79. The molecule has 7 nitrogen and oxygen atoms in total. The molecule has 174 valence electrons. The fraction of sp³-hybridized carbons (Fsp3) is 0. The van der Waals surface area contributed by atoms with E-state index in [1.54, 1.807) is 45.8 Å². The van der Waals surface area contributed by atoms with Crippen molar-refractivity contribution in [3.05, 3.63) is 119 Å². The highest BCUT2D eigenvalue weighted by molar-refractivity contribution is 6.30. The molecular weight excluding hydrogens is 472 g/mol. The summed E-state index contributed by atoms with van der Waals surface area (Å²) in [6.07, 6.45) is 1.71. The van der Waals surface area contributed by atoms with Gasteiger partial charge in [0.25, 0.3) is 5.56 Å². The Balaban J connectivity index is 1.55. The van der Waals surface area contributed by atoms with E-state index in [0.29, 0.717) is 33.4 Å². The molecule has 0 saturated carbocycles. The van der Waals surface area contributed by atoms with E-state index in [-0.39, 0.29) is 5.56 Å². The molecule has 0 radical (unpaired) electrons. The number of aromatic nitrogens is 5. The van der Waals surface area contributed by atoms with Gasteiger partial charge in [0.05, 0.1) is 17.1 Å². The van der Waals surface area contributed by atoms with Crippen LogP contribution in [-0.2, 0) is 0 Å². The van der Waals surface area contributed by atoms with Crippen molar-refractivity contribution in [2.45, 2.75) is 0 Å². The molecule has 0 bridgehead atoms. The smallest absolute Gasteiger partial charge is 0.269 e. The number of hydrogen-bond donors (Lipinski definition) is 1. The predicted octanol–water partition coefficient (Wildman–Crippen LogP) is 5.54. The molecule has 0 atom stereocenters.